The third-order valence-corrected chi connectivity index (χ3v) is 6.38. The molecule has 6 nitrogen and oxygen atoms in total. The highest BCUT2D eigenvalue weighted by Crippen LogP contribution is 2.39. The summed E-state index contributed by atoms with van der Waals surface area (Å²) in [6.45, 7) is 2.50. The Bertz CT molecular complexity index is 1470. The Morgan fingerprint density at radius 1 is 1.22 bits per heavy atom. The van der Waals surface area contributed by atoms with Gasteiger partial charge in [0.1, 0.15) is 5.82 Å². The highest BCUT2D eigenvalue weighted by Gasteiger charge is 2.14. The smallest absolute Gasteiger partial charge is 0.244 e. The number of anilines is 1. The normalized spacial score (nSPS) is 11.5. The summed E-state index contributed by atoms with van der Waals surface area (Å²) in [5, 5.41) is 7.06. The van der Waals surface area contributed by atoms with Gasteiger partial charge in [0.15, 0.2) is 0 Å². The molecule has 5 aromatic rings. The SMILES string of the molecule is Cc1cc2cc(-c3csc4c(/C=C/C(=O)NCc5ccncc5)cnc(N)c34)ccc2[nH]1. The summed E-state index contributed by atoms with van der Waals surface area (Å²) in [5.41, 5.74) is 12.5. The fourth-order valence-electron chi connectivity index (χ4n) is 3.78. The van der Waals surface area contributed by atoms with Gasteiger partial charge >= 0.3 is 0 Å². The van der Waals surface area contributed by atoms with Gasteiger partial charge in [0, 0.05) is 69.0 Å². The number of benzene rings is 1. The number of amides is 1. The molecular weight excluding hydrogens is 418 g/mol. The van der Waals surface area contributed by atoms with Crippen molar-refractivity contribution in [2.45, 2.75) is 13.5 Å². The molecule has 0 spiro atoms. The van der Waals surface area contributed by atoms with Gasteiger partial charge in [0.2, 0.25) is 5.91 Å². The summed E-state index contributed by atoms with van der Waals surface area (Å²) in [4.78, 5) is 24.0. The zero-order valence-electron chi connectivity index (χ0n) is 17.4. The van der Waals surface area contributed by atoms with Crippen molar-refractivity contribution in [3.63, 3.8) is 0 Å². The average Bonchev–Trinajstić information content (AvgIpc) is 3.41. The number of nitrogens with two attached hydrogens (primary N) is 1. The molecule has 5 rings (SSSR count). The lowest BCUT2D eigenvalue weighted by Crippen LogP contribution is -2.20. The van der Waals surface area contributed by atoms with E-state index in [1.807, 2.05) is 19.1 Å². The Labute approximate surface area is 188 Å². The second-order valence-corrected chi connectivity index (χ2v) is 8.49. The van der Waals surface area contributed by atoms with Crippen LogP contribution in [0.2, 0.25) is 0 Å². The molecule has 0 aliphatic rings. The first-order chi connectivity index (χ1) is 15.6. The van der Waals surface area contributed by atoms with Gasteiger partial charge in [0.25, 0.3) is 0 Å². The molecule has 158 valence electrons. The van der Waals surface area contributed by atoms with Crippen LogP contribution in [0.5, 0.6) is 0 Å². The number of nitrogens with one attached hydrogen (secondary N) is 2. The van der Waals surface area contributed by atoms with Crippen LogP contribution in [-0.2, 0) is 11.3 Å². The summed E-state index contributed by atoms with van der Waals surface area (Å²) in [6.07, 6.45) is 8.44. The lowest BCUT2D eigenvalue weighted by atomic mass is 10.0. The molecule has 0 unspecified atom stereocenters. The van der Waals surface area contributed by atoms with E-state index < -0.39 is 0 Å². The third-order valence-electron chi connectivity index (χ3n) is 5.35. The zero-order chi connectivity index (χ0) is 22.1. The molecule has 0 bridgehead atoms. The second kappa shape index (κ2) is 8.28. The van der Waals surface area contributed by atoms with Crippen LogP contribution in [0.4, 0.5) is 5.82 Å². The van der Waals surface area contributed by atoms with Crippen LogP contribution < -0.4 is 11.1 Å². The summed E-state index contributed by atoms with van der Waals surface area (Å²) in [6, 6.07) is 12.2. The van der Waals surface area contributed by atoms with Crippen molar-refractivity contribution in [1.29, 1.82) is 0 Å². The number of hydrogen-bond donors (Lipinski definition) is 3. The van der Waals surface area contributed by atoms with Crippen LogP contribution in [0, 0.1) is 6.92 Å². The molecule has 0 saturated heterocycles. The van der Waals surface area contributed by atoms with Gasteiger partial charge in [0.05, 0.1) is 0 Å². The zero-order valence-corrected chi connectivity index (χ0v) is 18.2. The van der Waals surface area contributed by atoms with E-state index >= 15 is 0 Å². The van der Waals surface area contributed by atoms with Crippen molar-refractivity contribution in [3.8, 4) is 11.1 Å². The van der Waals surface area contributed by atoms with Gasteiger partial charge in [-0.25, -0.2) is 4.98 Å². The molecule has 7 heteroatoms. The van der Waals surface area contributed by atoms with Crippen molar-refractivity contribution < 1.29 is 4.79 Å². The average molecular weight is 440 g/mol. The topological polar surface area (TPSA) is 96.7 Å². The number of nitrogens with zero attached hydrogens (tertiary/aromatic N) is 2. The monoisotopic (exact) mass is 439 g/mol. The van der Waals surface area contributed by atoms with E-state index in [0.29, 0.717) is 12.4 Å². The highest BCUT2D eigenvalue weighted by atomic mass is 32.1. The Morgan fingerprint density at radius 3 is 2.91 bits per heavy atom. The number of nitrogen functional groups attached to an aromatic ring is 1. The van der Waals surface area contributed by atoms with Crippen molar-refractivity contribution >= 4 is 50.1 Å². The number of aromatic nitrogens is 3. The number of aryl methyl sites for hydroxylation is 1. The number of carbonyl (C=O) groups is 1. The number of rotatable bonds is 5. The van der Waals surface area contributed by atoms with Gasteiger partial charge in [-0.15, -0.1) is 11.3 Å². The van der Waals surface area contributed by atoms with Gasteiger partial charge < -0.3 is 16.0 Å². The maximum Gasteiger partial charge on any atom is 0.244 e. The lowest BCUT2D eigenvalue weighted by Gasteiger charge is -2.05. The van der Waals surface area contributed by atoms with Crippen LogP contribution in [0.3, 0.4) is 0 Å². The standard InChI is InChI=1S/C25H21N5OS/c1-15-10-19-11-17(2-4-21(19)30-15)20-14-32-24-18(13-29-25(26)23(20)24)3-5-22(31)28-12-16-6-8-27-9-7-16/h2-11,13-14,30H,12H2,1H3,(H2,26,29)(H,28,31)/b5-3+. The molecule has 0 fully saturated rings. The van der Waals surface area contributed by atoms with E-state index in [4.69, 9.17) is 5.73 Å². The van der Waals surface area contributed by atoms with Crippen molar-refractivity contribution in [2.75, 3.05) is 5.73 Å². The van der Waals surface area contributed by atoms with Gasteiger partial charge in [-0.05, 0) is 59.8 Å². The summed E-state index contributed by atoms with van der Waals surface area (Å²) in [5.74, 6) is 0.317. The molecule has 1 aromatic carbocycles. The Kier molecular flexibility index (Phi) is 5.17. The molecule has 0 saturated carbocycles. The van der Waals surface area contributed by atoms with E-state index in [2.05, 4.69) is 49.9 Å². The molecule has 4 heterocycles. The summed E-state index contributed by atoms with van der Waals surface area (Å²) < 4.78 is 1.01. The minimum atomic E-state index is -0.170. The highest BCUT2D eigenvalue weighted by molar-refractivity contribution is 7.18. The first-order valence-electron chi connectivity index (χ1n) is 10.2. The molecule has 1 amide bonds. The Hall–Kier alpha value is -3.97. The van der Waals surface area contributed by atoms with E-state index in [1.54, 1.807) is 36.0 Å². The maximum absolute atomic E-state index is 12.3. The summed E-state index contributed by atoms with van der Waals surface area (Å²) in [7, 11) is 0. The number of aromatic amines is 1. The van der Waals surface area contributed by atoms with Crippen LogP contribution in [-0.4, -0.2) is 20.9 Å². The van der Waals surface area contributed by atoms with E-state index in [9.17, 15) is 4.79 Å². The number of H-pyrrole nitrogens is 1. The molecule has 0 aliphatic heterocycles. The lowest BCUT2D eigenvalue weighted by molar-refractivity contribution is -0.116. The van der Waals surface area contributed by atoms with Gasteiger partial charge in [-0.3, -0.25) is 9.78 Å². The van der Waals surface area contributed by atoms with Crippen molar-refractivity contribution in [3.05, 3.63) is 83.3 Å². The first-order valence-corrected chi connectivity index (χ1v) is 11.1. The molecule has 0 aliphatic carbocycles. The first kappa shape index (κ1) is 20.0. The molecule has 0 atom stereocenters. The molecular formula is C25H21N5OS. The van der Waals surface area contributed by atoms with Crippen LogP contribution in [0.25, 0.3) is 38.2 Å². The maximum atomic E-state index is 12.3. The van der Waals surface area contributed by atoms with Gasteiger partial charge in [-0.1, -0.05) is 6.07 Å². The Balaban J connectivity index is 1.43. The number of carbonyl (C=O) groups excluding carboxylic acids is 1. The minimum Gasteiger partial charge on any atom is -0.383 e. The number of pyridine rings is 2. The van der Waals surface area contributed by atoms with Crippen molar-refractivity contribution in [1.82, 2.24) is 20.3 Å². The Morgan fingerprint density at radius 2 is 2.06 bits per heavy atom. The summed E-state index contributed by atoms with van der Waals surface area (Å²) >= 11 is 1.60. The quantitative estimate of drug-likeness (QED) is 0.334. The predicted molar refractivity (Wildman–Crippen MR) is 131 cm³/mol. The van der Waals surface area contributed by atoms with Gasteiger partial charge in [-0.2, -0.15) is 0 Å². The molecule has 4 N–H and O–H groups in total. The van der Waals surface area contributed by atoms with E-state index in [1.165, 1.54) is 6.08 Å². The molecule has 0 radical (unpaired) electrons. The molecule has 4 aromatic heterocycles. The van der Waals surface area contributed by atoms with Crippen LogP contribution in [0.1, 0.15) is 16.8 Å². The number of fused-ring (bicyclic) bond motifs is 2. The fraction of sp³-hybridized carbons (Fsp3) is 0.0800. The van der Waals surface area contributed by atoms with E-state index in [0.717, 1.165) is 48.9 Å². The van der Waals surface area contributed by atoms with Crippen LogP contribution >= 0.6 is 11.3 Å². The third kappa shape index (κ3) is 3.86. The minimum absolute atomic E-state index is 0.170. The number of thiophene rings is 1. The van der Waals surface area contributed by atoms with Crippen LogP contribution in [0.15, 0.2) is 66.4 Å². The predicted octanol–water partition coefficient (Wildman–Crippen LogP) is 5.06. The molecule has 32 heavy (non-hydrogen) atoms. The van der Waals surface area contributed by atoms with E-state index in [-0.39, 0.29) is 5.91 Å². The van der Waals surface area contributed by atoms with Crippen molar-refractivity contribution in [2.24, 2.45) is 0 Å². The fourth-order valence-corrected chi connectivity index (χ4v) is 4.86. The second-order valence-electron chi connectivity index (χ2n) is 7.61. The largest absolute Gasteiger partial charge is 0.383 e. The number of hydrogen-bond acceptors (Lipinski definition) is 5.